The number of likely N-dealkylation sites (tertiary alicyclic amines) is 1. The fourth-order valence-corrected chi connectivity index (χ4v) is 12.1. The molecule has 5 atom stereocenters. The first-order valence-electron chi connectivity index (χ1n) is 26.3. The number of likely N-dealkylation sites (N-methyl/N-ethyl adjacent to an activating group) is 1. The zero-order valence-electron chi connectivity index (χ0n) is 43.7. The lowest BCUT2D eigenvalue weighted by molar-refractivity contribution is -0.143. The number of amides is 3. The van der Waals surface area contributed by atoms with Crippen molar-refractivity contribution < 1.29 is 32.3 Å². The number of hydrogen-bond donors (Lipinski definition) is 5. The van der Waals surface area contributed by atoms with Crippen LogP contribution in [0.4, 0.5) is 17.6 Å². The summed E-state index contributed by atoms with van der Waals surface area (Å²) >= 11 is 0. The smallest absolute Gasteiger partial charge is 0.246 e. The number of aromatic nitrogens is 6. The van der Waals surface area contributed by atoms with Gasteiger partial charge in [-0.05, 0) is 123 Å². The van der Waals surface area contributed by atoms with Gasteiger partial charge in [0.2, 0.25) is 23.7 Å². The molecule has 20 heteroatoms. The van der Waals surface area contributed by atoms with Crippen LogP contribution in [0.3, 0.4) is 0 Å². The number of rotatable bonds is 16. The Kier molecular flexibility index (Phi) is 15.7. The number of nitrogens with one attached hydrogen (secondary N) is 5. The largest absolute Gasteiger partial charge is 0.492 e. The number of sulfone groups is 1. The summed E-state index contributed by atoms with van der Waals surface area (Å²) in [4.78, 5) is 64.8. The molecule has 5 aromatic rings. The SMILES string of the molecule is CN[C@@H](C)C(=O)NC(C(=O)N1C[C@@H](Oc2cnc(N3CCC(COc4cc5ncnc(Nc6n[nH]c(C)c6C)c5cc4S(=O)(=O)C(C)(C)C)CC3)nc2)C[C@H]1C(=O)N[C@@H]1CCCc2ccccc21)C1CCCCC1. The topological polar surface area (TPSA) is 239 Å². The highest BCUT2D eigenvalue weighted by atomic mass is 32.2. The van der Waals surface area contributed by atoms with Crippen LogP contribution < -0.4 is 35.6 Å². The van der Waals surface area contributed by atoms with Gasteiger partial charge in [0.25, 0.3) is 0 Å². The molecule has 74 heavy (non-hydrogen) atoms. The van der Waals surface area contributed by atoms with Crippen LogP contribution in [0.2, 0.25) is 0 Å². The summed E-state index contributed by atoms with van der Waals surface area (Å²) in [5, 5.41) is 20.5. The maximum absolute atomic E-state index is 14.8. The number of aryl methyl sites for hydroxylation is 2. The second kappa shape index (κ2) is 22.2. The second-order valence-electron chi connectivity index (χ2n) is 21.6. The van der Waals surface area contributed by atoms with Crippen LogP contribution in [0, 0.1) is 25.7 Å². The van der Waals surface area contributed by atoms with Gasteiger partial charge in [-0.1, -0.05) is 43.5 Å². The zero-order valence-corrected chi connectivity index (χ0v) is 44.6. The van der Waals surface area contributed by atoms with Crippen LogP contribution in [-0.4, -0.2) is 123 Å². The van der Waals surface area contributed by atoms with Crippen LogP contribution in [0.25, 0.3) is 10.9 Å². The van der Waals surface area contributed by atoms with Crippen molar-refractivity contribution in [3.05, 3.63) is 77.5 Å². The van der Waals surface area contributed by atoms with E-state index >= 15 is 0 Å². The Labute approximate surface area is 434 Å². The monoisotopic (exact) mass is 1030 g/mol. The Morgan fingerprint density at radius 2 is 1.66 bits per heavy atom. The van der Waals surface area contributed by atoms with Gasteiger partial charge in [-0.3, -0.25) is 19.5 Å². The first-order valence-corrected chi connectivity index (χ1v) is 27.8. The fraction of sp³-hybridized carbons (Fsp3) is 0.556. The average Bonchev–Trinajstić information content (AvgIpc) is 3.98. The second-order valence-corrected chi connectivity index (χ2v) is 24.3. The van der Waals surface area contributed by atoms with Gasteiger partial charge >= 0.3 is 0 Å². The lowest BCUT2D eigenvalue weighted by atomic mass is 9.83. The molecule has 0 spiro atoms. The highest BCUT2D eigenvalue weighted by Crippen LogP contribution is 2.39. The Hall–Kier alpha value is -6.41. The standard InChI is InChI=1S/C54H72N12O7S/c1-32-33(2)63-64-48(32)62-49-41-25-46(74(70,71)54(4,5)6)45(26-43(41)58-31-59-49)72-30-35-20-22-65(23-21-35)53-56-27-39(28-57-53)73-38-24-44(51(68)60-42-19-13-17-36-14-11-12-18-40(36)42)66(29-38)52(69)47(37-15-9-8-10-16-37)61-50(67)34(3)55-7/h11-12,14,18,25-28,31,34-35,37-38,42,44,47,55H,8-10,13,15-17,19-24,29-30H2,1-7H3,(H,60,68)(H,61,67)(H2,58,59,62,63,64)/t34-,38-,42+,44-,47?/m0/s1. The molecule has 1 saturated carbocycles. The summed E-state index contributed by atoms with van der Waals surface area (Å²) in [5.41, 5.74) is 4.69. The fourth-order valence-electron chi connectivity index (χ4n) is 10.8. The Bertz CT molecular complexity index is 2930. The predicted octanol–water partition coefficient (Wildman–Crippen LogP) is 6.59. The number of nitrogens with zero attached hydrogens (tertiary/aromatic N) is 7. The molecule has 0 bridgehead atoms. The number of hydrogen-bond acceptors (Lipinski definition) is 15. The van der Waals surface area contributed by atoms with Gasteiger partial charge in [-0.25, -0.2) is 28.4 Å². The number of carbonyl (C=O) groups excluding carboxylic acids is 3. The zero-order chi connectivity index (χ0) is 52.3. The van der Waals surface area contributed by atoms with Crippen molar-refractivity contribution in [1.82, 2.24) is 51.0 Å². The molecule has 2 aliphatic heterocycles. The summed E-state index contributed by atoms with van der Waals surface area (Å²) in [6, 6.07) is 9.26. The molecule has 0 radical (unpaired) electrons. The van der Waals surface area contributed by atoms with E-state index in [2.05, 4.69) is 58.5 Å². The van der Waals surface area contributed by atoms with Gasteiger partial charge in [0.1, 0.15) is 41.0 Å². The van der Waals surface area contributed by atoms with Crippen molar-refractivity contribution in [2.75, 3.05) is 43.5 Å². The van der Waals surface area contributed by atoms with Crippen molar-refractivity contribution in [3.63, 3.8) is 0 Å². The molecule has 2 saturated heterocycles. The number of H-pyrrole nitrogens is 1. The molecule has 19 nitrogen and oxygen atoms in total. The summed E-state index contributed by atoms with van der Waals surface area (Å²) in [6.45, 7) is 12.4. The maximum Gasteiger partial charge on any atom is 0.246 e. The van der Waals surface area contributed by atoms with Gasteiger partial charge in [-0.2, -0.15) is 5.10 Å². The van der Waals surface area contributed by atoms with Gasteiger partial charge in [0.05, 0.1) is 47.9 Å². The number of anilines is 3. The van der Waals surface area contributed by atoms with E-state index in [0.29, 0.717) is 53.9 Å². The average molecular weight is 1030 g/mol. The first kappa shape index (κ1) is 52.5. The van der Waals surface area contributed by atoms with Crippen LogP contribution in [0.1, 0.15) is 120 Å². The quantitative estimate of drug-likeness (QED) is 0.0701. The van der Waals surface area contributed by atoms with Gasteiger partial charge in [0, 0.05) is 42.2 Å². The third-order valence-electron chi connectivity index (χ3n) is 15.6. The van der Waals surface area contributed by atoms with Crippen molar-refractivity contribution >= 4 is 56.0 Å². The van der Waals surface area contributed by atoms with E-state index in [4.69, 9.17) is 19.4 Å². The van der Waals surface area contributed by atoms with E-state index in [9.17, 15) is 22.8 Å². The minimum Gasteiger partial charge on any atom is -0.492 e. The molecule has 2 aliphatic carbocycles. The normalized spacial score (nSPS) is 20.7. The van der Waals surface area contributed by atoms with E-state index in [1.54, 1.807) is 64.2 Å². The lowest BCUT2D eigenvalue weighted by Gasteiger charge is -2.35. The molecule has 3 amide bonds. The highest BCUT2D eigenvalue weighted by Gasteiger charge is 2.46. The van der Waals surface area contributed by atoms with E-state index in [1.807, 2.05) is 26.0 Å². The Morgan fingerprint density at radius 3 is 2.36 bits per heavy atom. The van der Waals surface area contributed by atoms with Crippen molar-refractivity contribution in [3.8, 4) is 11.5 Å². The number of fused-ring (bicyclic) bond motifs is 2. The summed E-state index contributed by atoms with van der Waals surface area (Å²) in [6.07, 6.45) is 13.4. The highest BCUT2D eigenvalue weighted by molar-refractivity contribution is 7.92. The van der Waals surface area contributed by atoms with Crippen molar-refractivity contribution in [2.24, 2.45) is 11.8 Å². The molecular formula is C54H72N12O7S. The lowest BCUT2D eigenvalue weighted by Crippen LogP contribution is -2.58. The molecule has 4 aliphatic rings. The summed E-state index contributed by atoms with van der Waals surface area (Å²) in [5.74, 6) is 1.59. The minimum absolute atomic E-state index is 0.0400. The van der Waals surface area contributed by atoms with Crippen LogP contribution in [0.5, 0.6) is 11.5 Å². The molecule has 5 N–H and O–H groups in total. The van der Waals surface area contributed by atoms with Crippen LogP contribution in [0.15, 0.2) is 60.0 Å². The number of carbonyl (C=O) groups is 3. The van der Waals surface area contributed by atoms with Gasteiger partial charge < -0.3 is 40.5 Å². The van der Waals surface area contributed by atoms with Crippen LogP contribution in [-0.2, 0) is 30.6 Å². The minimum atomic E-state index is -3.86. The van der Waals surface area contributed by atoms with E-state index in [-0.39, 0.29) is 59.2 Å². The molecule has 9 rings (SSSR count). The van der Waals surface area contributed by atoms with Crippen LogP contribution >= 0.6 is 0 Å². The third kappa shape index (κ3) is 11.3. The van der Waals surface area contributed by atoms with Crippen molar-refractivity contribution in [2.45, 2.75) is 152 Å². The molecule has 2 aromatic carbocycles. The number of aromatic amines is 1. The van der Waals surface area contributed by atoms with E-state index < -0.39 is 38.8 Å². The Balaban J connectivity index is 0.861. The number of ether oxygens (including phenoxy) is 2. The molecule has 396 valence electrons. The van der Waals surface area contributed by atoms with Crippen molar-refractivity contribution in [1.29, 1.82) is 0 Å². The van der Waals surface area contributed by atoms with E-state index in [0.717, 1.165) is 81.0 Å². The molecular weight excluding hydrogens is 961 g/mol. The summed E-state index contributed by atoms with van der Waals surface area (Å²) in [7, 11) is -2.14. The number of piperidine rings is 1. The maximum atomic E-state index is 14.8. The number of benzene rings is 2. The first-order chi connectivity index (χ1) is 35.5. The Morgan fingerprint density at radius 1 is 0.919 bits per heavy atom. The molecule has 5 heterocycles. The molecule has 3 aromatic heterocycles. The molecule has 1 unspecified atom stereocenters. The van der Waals surface area contributed by atoms with Gasteiger partial charge in [-0.15, -0.1) is 0 Å². The summed E-state index contributed by atoms with van der Waals surface area (Å²) < 4.78 is 40.0. The van der Waals surface area contributed by atoms with Gasteiger partial charge in [0.15, 0.2) is 21.4 Å². The van der Waals surface area contributed by atoms with E-state index in [1.165, 1.54) is 11.9 Å². The third-order valence-corrected chi connectivity index (χ3v) is 18.1. The molecule has 3 fully saturated rings. The predicted molar refractivity (Wildman–Crippen MR) is 282 cm³/mol.